The third-order valence-electron chi connectivity index (χ3n) is 8.45. The van der Waals surface area contributed by atoms with Gasteiger partial charge in [0.15, 0.2) is 13.5 Å². The Balaban J connectivity index is 1.66. The first-order valence-electron chi connectivity index (χ1n) is 15.7. The summed E-state index contributed by atoms with van der Waals surface area (Å²) in [4.78, 5) is 18.7. The molecule has 0 saturated carbocycles. The molecule has 2 aromatic carbocycles. The number of rotatable bonds is 11. The Kier molecular flexibility index (Phi) is 11.8. The minimum absolute atomic E-state index is 0.0226. The van der Waals surface area contributed by atoms with Crippen molar-refractivity contribution in [3.05, 3.63) is 83.9 Å². The van der Waals surface area contributed by atoms with Gasteiger partial charge in [-0.25, -0.2) is 4.79 Å². The van der Waals surface area contributed by atoms with Crippen LogP contribution in [0.15, 0.2) is 77.8 Å². The Bertz CT molecular complexity index is 1310. The zero-order chi connectivity index (χ0) is 32.8. The first-order chi connectivity index (χ1) is 21.1. The van der Waals surface area contributed by atoms with Gasteiger partial charge < -0.3 is 23.7 Å². The molecule has 0 bridgehead atoms. The number of allylic oxidation sites excluding steroid dienone is 1. The van der Waals surface area contributed by atoms with Crippen LogP contribution < -0.4 is 0 Å². The molecule has 10 heteroatoms. The van der Waals surface area contributed by atoms with E-state index in [0.717, 1.165) is 11.1 Å². The summed E-state index contributed by atoms with van der Waals surface area (Å²) in [5.74, 6) is 0. The zero-order valence-electron chi connectivity index (χ0n) is 27.9. The lowest BCUT2D eigenvalue weighted by atomic mass is 9.96. The van der Waals surface area contributed by atoms with E-state index < -0.39 is 44.2 Å². The van der Waals surface area contributed by atoms with E-state index in [1.54, 1.807) is 0 Å². The van der Waals surface area contributed by atoms with Crippen LogP contribution in [0, 0.1) is 5.41 Å². The third kappa shape index (κ3) is 9.76. The van der Waals surface area contributed by atoms with Crippen LogP contribution in [0.4, 0.5) is 4.79 Å². The fraction of sp³-hybridized carbons (Fsp3) is 0.543. The molecule has 2 aromatic rings. The van der Waals surface area contributed by atoms with Gasteiger partial charge in [0.1, 0.15) is 29.8 Å². The maximum absolute atomic E-state index is 12.4. The largest absolute Gasteiger partial charge is 0.465 e. The van der Waals surface area contributed by atoms with Gasteiger partial charge in [-0.15, -0.1) is 0 Å². The number of benzene rings is 2. The number of fused-ring (bicyclic) bond motifs is 1. The van der Waals surface area contributed by atoms with Gasteiger partial charge in [0.25, 0.3) is 0 Å². The van der Waals surface area contributed by atoms with Gasteiger partial charge in [0.2, 0.25) is 0 Å². The van der Waals surface area contributed by atoms with E-state index in [1.165, 1.54) is 16.7 Å². The molecule has 0 aromatic heterocycles. The molecule has 1 N–H and O–H groups in total. The lowest BCUT2D eigenvalue weighted by Crippen LogP contribution is -2.59. The number of amidine groups is 1. The van der Waals surface area contributed by atoms with Gasteiger partial charge in [0, 0.05) is 6.54 Å². The lowest BCUT2D eigenvalue weighted by Gasteiger charge is -2.44. The van der Waals surface area contributed by atoms with Crippen LogP contribution in [-0.2, 0) is 31.9 Å². The summed E-state index contributed by atoms with van der Waals surface area (Å²) in [5.41, 5.74) is 1.56. The van der Waals surface area contributed by atoms with Crippen molar-refractivity contribution in [3.63, 3.8) is 0 Å². The SMILES string of the molecule is CC(C)(C)C=CCN(C(=O)O)C1=N[C@@H]2[C@@H](OCc3ccccc3)[C@H](OCc3ccccc3)[C@@H](CO[Si](C)(C)C(C)(C)C)O[C@@H]2S1. The predicted molar refractivity (Wildman–Crippen MR) is 184 cm³/mol. The standard InChI is InChI=1S/C35H50N2O6SSi/c1-34(2,3)20-15-21-37(33(38)39)32-36-28-30(41-23-26-18-13-10-14-19-26)29(40-22-25-16-11-9-12-17-25)27(43-31(28)44-32)24-42-45(7,8)35(4,5)6/h9-20,27-31H,21-24H2,1-8H3,(H,38,39)/t27-,28-,29-,30-,31-/m1/s1. The van der Waals surface area contributed by atoms with E-state index in [4.69, 9.17) is 23.6 Å². The van der Waals surface area contributed by atoms with Gasteiger partial charge in [0.05, 0.1) is 19.8 Å². The molecule has 2 aliphatic heterocycles. The Morgan fingerprint density at radius 1 is 0.956 bits per heavy atom. The second kappa shape index (κ2) is 15.0. The Morgan fingerprint density at radius 2 is 1.51 bits per heavy atom. The highest BCUT2D eigenvalue weighted by Gasteiger charge is 2.52. The van der Waals surface area contributed by atoms with E-state index in [0.29, 0.717) is 25.0 Å². The number of hydrogen-bond acceptors (Lipinski definition) is 7. The average Bonchev–Trinajstić information content (AvgIpc) is 3.39. The maximum atomic E-state index is 12.4. The van der Waals surface area contributed by atoms with Crippen molar-refractivity contribution in [1.82, 2.24) is 4.90 Å². The number of nitrogens with zero attached hydrogens (tertiary/aromatic N) is 2. The number of aliphatic imine (C=N–C) groups is 1. The highest BCUT2D eigenvalue weighted by molar-refractivity contribution is 8.14. The zero-order valence-corrected chi connectivity index (χ0v) is 29.8. The fourth-order valence-electron chi connectivity index (χ4n) is 4.84. The van der Waals surface area contributed by atoms with Crippen molar-refractivity contribution in [1.29, 1.82) is 0 Å². The smallest absolute Gasteiger partial charge is 0.413 e. The molecule has 4 rings (SSSR count). The van der Waals surface area contributed by atoms with Crippen LogP contribution in [0.25, 0.3) is 0 Å². The molecule has 2 aliphatic rings. The van der Waals surface area contributed by atoms with Crippen LogP contribution >= 0.6 is 11.8 Å². The molecule has 1 fully saturated rings. The monoisotopic (exact) mass is 654 g/mol. The number of carboxylic acid groups (broad SMARTS) is 1. The Morgan fingerprint density at radius 3 is 2.02 bits per heavy atom. The highest BCUT2D eigenvalue weighted by Crippen LogP contribution is 2.42. The van der Waals surface area contributed by atoms with Gasteiger partial charge in [-0.05, 0) is 34.7 Å². The molecule has 8 nitrogen and oxygen atoms in total. The quantitative estimate of drug-likeness (QED) is 0.194. The Hall–Kier alpha value is -2.47. The molecule has 2 heterocycles. The van der Waals surface area contributed by atoms with Gasteiger partial charge in [-0.1, -0.05) is 126 Å². The van der Waals surface area contributed by atoms with Crippen molar-refractivity contribution in [2.45, 2.75) is 103 Å². The van der Waals surface area contributed by atoms with Gasteiger partial charge in [-0.3, -0.25) is 9.89 Å². The molecule has 0 unspecified atom stereocenters. The topological polar surface area (TPSA) is 89.8 Å². The van der Waals surface area contributed by atoms with Crippen molar-refractivity contribution < 1.29 is 28.5 Å². The van der Waals surface area contributed by atoms with Crippen LogP contribution in [0.1, 0.15) is 52.7 Å². The van der Waals surface area contributed by atoms with Crippen molar-refractivity contribution in [2.24, 2.45) is 10.4 Å². The van der Waals surface area contributed by atoms with Crippen LogP contribution in [0.2, 0.25) is 18.1 Å². The fourth-order valence-corrected chi connectivity index (χ4v) is 7.08. The normalized spacial score (nSPS) is 24.0. The second-order valence-electron chi connectivity index (χ2n) is 14.3. The molecule has 246 valence electrons. The summed E-state index contributed by atoms with van der Waals surface area (Å²) >= 11 is 1.33. The molecule has 0 radical (unpaired) electrons. The summed E-state index contributed by atoms with van der Waals surface area (Å²) in [6.07, 6.45) is 1.40. The molecule has 1 saturated heterocycles. The maximum Gasteiger partial charge on any atom is 0.413 e. The van der Waals surface area contributed by atoms with E-state index >= 15 is 0 Å². The number of amides is 1. The molecule has 45 heavy (non-hydrogen) atoms. The third-order valence-corrected chi connectivity index (χ3v) is 14.1. The van der Waals surface area contributed by atoms with E-state index in [2.05, 4.69) is 54.6 Å². The summed E-state index contributed by atoms with van der Waals surface area (Å²) < 4.78 is 26.7. The van der Waals surface area contributed by atoms with Crippen LogP contribution in [0.5, 0.6) is 0 Å². The van der Waals surface area contributed by atoms with E-state index in [1.807, 2.05) is 72.8 Å². The molecule has 0 aliphatic carbocycles. The van der Waals surface area contributed by atoms with E-state index in [-0.39, 0.29) is 17.0 Å². The predicted octanol–water partition coefficient (Wildman–Crippen LogP) is 7.96. The summed E-state index contributed by atoms with van der Waals surface area (Å²) in [7, 11) is -2.11. The van der Waals surface area contributed by atoms with Gasteiger partial charge >= 0.3 is 6.09 Å². The number of hydrogen-bond donors (Lipinski definition) is 1. The lowest BCUT2D eigenvalue weighted by molar-refractivity contribution is -0.204. The molecular weight excluding hydrogens is 605 g/mol. The minimum Gasteiger partial charge on any atom is -0.465 e. The number of carbonyl (C=O) groups is 1. The first-order valence-corrected chi connectivity index (χ1v) is 19.5. The molecular formula is C35H50N2O6SSi. The van der Waals surface area contributed by atoms with Crippen molar-refractivity contribution >= 4 is 31.3 Å². The van der Waals surface area contributed by atoms with Crippen molar-refractivity contribution in [2.75, 3.05) is 13.2 Å². The summed E-state index contributed by atoms with van der Waals surface area (Å²) in [5, 5.41) is 10.6. The summed E-state index contributed by atoms with van der Waals surface area (Å²) in [6.45, 7) is 18.6. The van der Waals surface area contributed by atoms with Crippen molar-refractivity contribution in [3.8, 4) is 0 Å². The average molecular weight is 655 g/mol. The molecule has 0 spiro atoms. The first kappa shape index (κ1) is 35.4. The molecule has 1 amide bonds. The number of thioether (sulfide) groups is 1. The Labute approximate surface area is 274 Å². The van der Waals surface area contributed by atoms with E-state index in [9.17, 15) is 9.90 Å². The highest BCUT2D eigenvalue weighted by atomic mass is 32.2. The van der Waals surface area contributed by atoms with Gasteiger partial charge in [-0.2, -0.15) is 0 Å². The summed E-state index contributed by atoms with van der Waals surface area (Å²) in [6, 6.07) is 19.6. The second-order valence-corrected chi connectivity index (χ2v) is 20.2. The van der Waals surface area contributed by atoms with Crippen LogP contribution in [-0.4, -0.2) is 72.5 Å². The number of ether oxygens (including phenoxy) is 3. The van der Waals surface area contributed by atoms with Crippen LogP contribution in [0.3, 0.4) is 0 Å². The molecule has 5 atom stereocenters. The minimum atomic E-state index is -2.11.